The number of rotatable bonds is 7. The van der Waals surface area contributed by atoms with E-state index >= 15 is 0 Å². The lowest BCUT2D eigenvalue weighted by molar-refractivity contribution is 0.123. The van der Waals surface area contributed by atoms with Crippen LogP contribution in [0.3, 0.4) is 0 Å². The first-order chi connectivity index (χ1) is 9.65. The second-order valence-electron chi connectivity index (χ2n) is 6.84. The van der Waals surface area contributed by atoms with Crippen molar-refractivity contribution in [3.8, 4) is 0 Å². The van der Waals surface area contributed by atoms with Crippen LogP contribution in [0.25, 0.3) is 0 Å². The van der Waals surface area contributed by atoms with Gasteiger partial charge in [-0.25, -0.2) is 0 Å². The molecular weight excluding hydrogens is 246 g/mol. The maximum atomic E-state index is 9.74. The Balaban J connectivity index is 2.01. The third-order valence-corrected chi connectivity index (χ3v) is 4.63. The fraction of sp³-hybridized carbons (Fsp3) is 0.667. The zero-order valence-electron chi connectivity index (χ0n) is 12.9. The van der Waals surface area contributed by atoms with E-state index in [1.165, 1.54) is 31.2 Å². The Morgan fingerprint density at radius 1 is 1.15 bits per heavy atom. The molecule has 0 saturated heterocycles. The van der Waals surface area contributed by atoms with Gasteiger partial charge in [-0.1, -0.05) is 57.0 Å². The van der Waals surface area contributed by atoms with Crippen LogP contribution >= 0.6 is 0 Å². The summed E-state index contributed by atoms with van der Waals surface area (Å²) in [6, 6.07) is 11.1. The summed E-state index contributed by atoms with van der Waals surface area (Å²) < 4.78 is 0. The van der Waals surface area contributed by atoms with Gasteiger partial charge in [0.15, 0.2) is 0 Å². The summed E-state index contributed by atoms with van der Waals surface area (Å²) in [5.74, 6) is 0.668. The van der Waals surface area contributed by atoms with Crippen molar-refractivity contribution in [2.75, 3.05) is 13.2 Å². The summed E-state index contributed by atoms with van der Waals surface area (Å²) in [6.45, 7) is 5.81. The predicted molar refractivity (Wildman–Crippen MR) is 84.6 cm³/mol. The van der Waals surface area contributed by atoms with Crippen molar-refractivity contribution in [2.45, 2.75) is 52.0 Å². The van der Waals surface area contributed by atoms with Gasteiger partial charge in [0.2, 0.25) is 0 Å². The fourth-order valence-electron chi connectivity index (χ4n) is 3.35. The molecule has 2 N–H and O–H groups in total. The van der Waals surface area contributed by atoms with Gasteiger partial charge in [0.05, 0.1) is 0 Å². The molecule has 2 nitrogen and oxygen atoms in total. The van der Waals surface area contributed by atoms with Gasteiger partial charge in [-0.3, -0.25) is 0 Å². The van der Waals surface area contributed by atoms with Gasteiger partial charge in [0, 0.05) is 24.6 Å². The molecule has 2 heteroatoms. The maximum Gasteiger partial charge on any atom is 0.0499 e. The molecule has 0 aromatic heterocycles. The zero-order chi connectivity index (χ0) is 14.4. The van der Waals surface area contributed by atoms with E-state index in [1.807, 2.05) is 0 Å². The Kier molecular flexibility index (Phi) is 5.62. The molecule has 0 bridgehead atoms. The zero-order valence-corrected chi connectivity index (χ0v) is 12.9. The SMILES string of the molecule is CC(C)CC(NCC1(CO)CCCC1)c1ccccc1. The summed E-state index contributed by atoms with van der Waals surface area (Å²) in [6.07, 6.45) is 6.01. The summed E-state index contributed by atoms with van der Waals surface area (Å²) in [5, 5.41) is 13.5. The first-order valence-electron chi connectivity index (χ1n) is 8.04. The lowest BCUT2D eigenvalue weighted by Gasteiger charge is -2.30. The molecular formula is C18H29NO. The van der Waals surface area contributed by atoms with Crippen LogP contribution in [0, 0.1) is 11.3 Å². The molecule has 1 aliphatic rings. The highest BCUT2D eigenvalue weighted by Crippen LogP contribution is 2.37. The lowest BCUT2D eigenvalue weighted by Crippen LogP contribution is -2.37. The molecule has 1 aliphatic carbocycles. The number of nitrogens with one attached hydrogen (secondary N) is 1. The molecule has 112 valence electrons. The molecule has 1 aromatic rings. The second kappa shape index (κ2) is 7.24. The topological polar surface area (TPSA) is 32.3 Å². The van der Waals surface area contributed by atoms with Crippen LogP contribution in [-0.4, -0.2) is 18.3 Å². The Morgan fingerprint density at radius 2 is 1.80 bits per heavy atom. The summed E-state index contributed by atoms with van der Waals surface area (Å²) in [5.41, 5.74) is 1.50. The average molecular weight is 275 g/mol. The van der Waals surface area contributed by atoms with Crippen molar-refractivity contribution in [1.82, 2.24) is 5.32 Å². The van der Waals surface area contributed by atoms with Gasteiger partial charge in [-0.15, -0.1) is 0 Å². The highest BCUT2D eigenvalue weighted by atomic mass is 16.3. The Hall–Kier alpha value is -0.860. The molecule has 1 atom stereocenters. The summed E-state index contributed by atoms with van der Waals surface area (Å²) >= 11 is 0. The minimum absolute atomic E-state index is 0.129. The van der Waals surface area contributed by atoms with Gasteiger partial charge in [0.25, 0.3) is 0 Å². The van der Waals surface area contributed by atoms with Crippen molar-refractivity contribution >= 4 is 0 Å². The molecule has 1 unspecified atom stereocenters. The van der Waals surface area contributed by atoms with Crippen LogP contribution in [-0.2, 0) is 0 Å². The van der Waals surface area contributed by atoms with Crippen molar-refractivity contribution in [3.63, 3.8) is 0 Å². The minimum Gasteiger partial charge on any atom is -0.396 e. The smallest absolute Gasteiger partial charge is 0.0499 e. The van der Waals surface area contributed by atoms with Crippen LogP contribution in [0.4, 0.5) is 0 Å². The van der Waals surface area contributed by atoms with E-state index in [9.17, 15) is 5.11 Å². The van der Waals surface area contributed by atoms with Crippen molar-refractivity contribution in [2.24, 2.45) is 11.3 Å². The first kappa shape index (κ1) is 15.5. The summed E-state index contributed by atoms with van der Waals surface area (Å²) in [7, 11) is 0. The highest BCUT2D eigenvalue weighted by molar-refractivity contribution is 5.19. The number of benzene rings is 1. The van der Waals surface area contributed by atoms with Crippen LogP contribution < -0.4 is 5.32 Å². The monoisotopic (exact) mass is 275 g/mol. The number of hydrogen-bond acceptors (Lipinski definition) is 2. The van der Waals surface area contributed by atoms with Gasteiger partial charge in [0.1, 0.15) is 0 Å². The van der Waals surface area contributed by atoms with Crippen molar-refractivity contribution < 1.29 is 5.11 Å². The van der Waals surface area contributed by atoms with Gasteiger partial charge < -0.3 is 10.4 Å². The van der Waals surface area contributed by atoms with E-state index in [1.54, 1.807) is 0 Å². The maximum absolute atomic E-state index is 9.74. The second-order valence-corrected chi connectivity index (χ2v) is 6.84. The van der Waals surface area contributed by atoms with E-state index < -0.39 is 0 Å². The van der Waals surface area contributed by atoms with Crippen molar-refractivity contribution in [1.29, 1.82) is 0 Å². The normalized spacial score (nSPS) is 19.4. The van der Waals surface area contributed by atoms with E-state index in [2.05, 4.69) is 49.5 Å². The first-order valence-corrected chi connectivity index (χ1v) is 8.04. The van der Waals surface area contributed by atoms with Crippen molar-refractivity contribution in [3.05, 3.63) is 35.9 Å². The highest BCUT2D eigenvalue weighted by Gasteiger charge is 2.33. The largest absolute Gasteiger partial charge is 0.396 e. The van der Waals surface area contributed by atoms with Gasteiger partial charge >= 0.3 is 0 Å². The van der Waals surface area contributed by atoms with Gasteiger partial charge in [-0.05, 0) is 30.7 Å². The van der Waals surface area contributed by atoms with Gasteiger partial charge in [-0.2, -0.15) is 0 Å². The summed E-state index contributed by atoms with van der Waals surface area (Å²) in [4.78, 5) is 0. The predicted octanol–water partition coefficient (Wildman–Crippen LogP) is 3.92. The molecule has 0 amide bonds. The lowest BCUT2D eigenvalue weighted by atomic mass is 9.86. The molecule has 2 rings (SSSR count). The molecule has 0 heterocycles. The van der Waals surface area contributed by atoms with Crippen LogP contribution in [0.5, 0.6) is 0 Å². The molecule has 1 fully saturated rings. The fourth-order valence-corrected chi connectivity index (χ4v) is 3.35. The third-order valence-electron chi connectivity index (χ3n) is 4.63. The number of aliphatic hydroxyl groups excluding tert-OH is 1. The standard InChI is InChI=1S/C18H29NO/c1-15(2)12-17(16-8-4-3-5-9-16)19-13-18(14-20)10-6-7-11-18/h3-5,8-9,15,17,19-20H,6-7,10-14H2,1-2H3. The Morgan fingerprint density at radius 3 is 2.35 bits per heavy atom. The van der Waals surface area contributed by atoms with E-state index in [0.29, 0.717) is 18.6 Å². The molecule has 0 radical (unpaired) electrons. The van der Waals surface area contributed by atoms with Crippen LogP contribution in [0.1, 0.15) is 57.6 Å². The quantitative estimate of drug-likeness (QED) is 0.790. The molecule has 20 heavy (non-hydrogen) atoms. The molecule has 1 aromatic carbocycles. The van der Waals surface area contributed by atoms with E-state index in [-0.39, 0.29) is 5.41 Å². The Labute approximate surface area is 123 Å². The third kappa shape index (κ3) is 4.07. The number of hydrogen-bond donors (Lipinski definition) is 2. The van der Waals surface area contributed by atoms with E-state index in [0.717, 1.165) is 13.0 Å². The average Bonchev–Trinajstić information content (AvgIpc) is 2.93. The Bertz CT molecular complexity index is 382. The van der Waals surface area contributed by atoms with E-state index in [4.69, 9.17) is 0 Å². The minimum atomic E-state index is 0.129. The molecule has 1 saturated carbocycles. The number of aliphatic hydroxyl groups is 1. The molecule has 0 spiro atoms. The van der Waals surface area contributed by atoms with Crippen LogP contribution in [0.15, 0.2) is 30.3 Å². The van der Waals surface area contributed by atoms with Crippen LogP contribution in [0.2, 0.25) is 0 Å². The molecule has 0 aliphatic heterocycles.